The Balaban J connectivity index is 2.60. The average Bonchev–Trinajstić information content (AvgIpc) is 2.46. The summed E-state index contributed by atoms with van der Waals surface area (Å²) < 4.78 is 2.03. The molecule has 0 aliphatic carbocycles. The predicted molar refractivity (Wildman–Crippen MR) is 52.7 cm³/mol. The molecule has 2 aromatic heterocycles. The fourth-order valence-electron chi connectivity index (χ4n) is 1.37. The topological polar surface area (TPSA) is 42.7 Å². The van der Waals surface area contributed by atoms with E-state index in [0.29, 0.717) is 0 Å². The summed E-state index contributed by atoms with van der Waals surface area (Å²) in [6.07, 6.45) is 3.55. The van der Waals surface area contributed by atoms with Gasteiger partial charge in [0.1, 0.15) is 5.52 Å². The highest BCUT2D eigenvalue weighted by Gasteiger charge is 2.04. The molecule has 1 N–H and O–H groups in total. The number of pyridine rings is 1. The molecule has 0 aromatic carbocycles. The number of nitrogens with zero attached hydrogens (tertiary/aromatic N) is 3. The van der Waals surface area contributed by atoms with E-state index in [1.54, 1.807) is 12.4 Å². The third kappa shape index (κ3) is 1.24. The van der Waals surface area contributed by atoms with Crippen LogP contribution in [-0.2, 0) is 7.05 Å². The third-order valence-electron chi connectivity index (χ3n) is 2.02. The van der Waals surface area contributed by atoms with E-state index in [-0.39, 0.29) is 0 Å². The van der Waals surface area contributed by atoms with Crippen LogP contribution in [0.1, 0.15) is 6.92 Å². The van der Waals surface area contributed by atoms with E-state index in [9.17, 15) is 0 Å². The zero-order chi connectivity index (χ0) is 9.26. The van der Waals surface area contributed by atoms with Crippen LogP contribution in [0.4, 0.5) is 5.95 Å². The summed E-state index contributed by atoms with van der Waals surface area (Å²) in [7, 11) is 1.99. The van der Waals surface area contributed by atoms with Gasteiger partial charge in [-0.2, -0.15) is 0 Å². The van der Waals surface area contributed by atoms with Crippen molar-refractivity contribution < 1.29 is 0 Å². The molecule has 13 heavy (non-hydrogen) atoms. The van der Waals surface area contributed by atoms with Crippen molar-refractivity contribution in [3.63, 3.8) is 0 Å². The summed E-state index contributed by atoms with van der Waals surface area (Å²) in [5.41, 5.74) is 2.03. The fourth-order valence-corrected chi connectivity index (χ4v) is 1.37. The molecule has 4 heteroatoms. The van der Waals surface area contributed by atoms with Crippen LogP contribution >= 0.6 is 0 Å². The maximum Gasteiger partial charge on any atom is 0.203 e. The zero-order valence-electron chi connectivity index (χ0n) is 7.78. The number of hydrogen-bond acceptors (Lipinski definition) is 3. The van der Waals surface area contributed by atoms with Gasteiger partial charge in [0.25, 0.3) is 0 Å². The molecular formula is C9H12N4. The first-order valence-electron chi connectivity index (χ1n) is 4.33. The lowest BCUT2D eigenvalue weighted by Gasteiger charge is -2.01. The highest BCUT2D eigenvalue weighted by molar-refractivity contribution is 5.77. The molecule has 0 saturated heterocycles. The molecular weight excluding hydrogens is 164 g/mol. The van der Waals surface area contributed by atoms with Crippen molar-refractivity contribution in [1.82, 2.24) is 14.5 Å². The number of nitrogens with one attached hydrogen (secondary N) is 1. The van der Waals surface area contributed by atoms with Crippen molar-refractivity contribution >= 4 is 17.0 Å². The van der Waals surface area contributed by atoms with Crippen molar-refractivity contribution in [3.8, 4) is 0 Å². The van der Waals surface area contributed by atoms with Crippen LogP contribution in [-0.4, -0.2) is 21.1 Å². The Morgan fingerprint density at radius 3 is 3.08 bits per heavy atom. The molecule has 0 aliphatic rings. The van der Waals surface area contributed by atoms with Gasteiger partial charge in [0.05, 0.1) is 11.7 Å². The van der Waals surface area contributed by atoms with Crippen LogP contribution in [0, 0.1) is 0 Å². The number of aryl methyl sites for hydroxylation is 1. The normalized spacial score (nSPS) is 10.6. The van der Waals surface area contributed by atoms with Gasteiger partial charge in [-0.15, -0.1) is 0 Å². The van der Waals surface area contributed by atoms with Gasteiger partial charge < -0.3 is 9.88 Å². The Labute approximate surface area is 76.6 Å². The van der Waals surface area contributed by atoms with E-state index in [1.807, 2.05) is 17.7 Å². The van der Waals surface area contributed by atoms with Gasteiger partial charge in [0.15, 0.2) is 0 Å². The lowest BCUT2D eigenvalue weighted by Crippen LogP contribution is -2.03. The molecule has 68 valence electrons. The molecule has 0 fully saturated rings. The summed E-state index contributed by atoms with van der Waals surface area (Å²) in [5, 5.41) is 3.19. The fraction of sp³-hybridized carbons (Fsp3) is 0.333. The predicted octanol–water partition coefficient (Wildman–Crippen LogP) is 1.40. The van der Waals surface area contributed by atoms with E-state index in [0.717, 1.165) is 23.5 Å². The molecule has 2 rings (SSSR count). The second-order valence-corrected chi connectivity index (χ2v) is 2.89. The van der Waals surface area contributed by atoms with Crippen LogP contribution in [0.3, 0.4) is 0 Å². The molecule has 0 radical (unpaired) electrons. The summed E-state index contributed by atoms with van der Waals surface area (Å²) in [4.78, 5) is 8.42. The van der Waals surface area contributed by atoms with E-state index >= 15 is 0 Å². The zero-order valence-corrected chi connectivity index (χ0v) is 7.78. The minimum absolute atomic E-state index is 0.880. The van der Waals surface area contributed by atoms with Gasteiger partial charge in [-0.3, -0.25) is 4.98 Å². The van der Waals surface area contributed by atoms with Crippen molar-refractivity contribution in [2.75, 3.05) is 11.9 Å². The van der Waals surface area contributed by atoms with Gasteiger partial charge in [-0.25, -0.2) is 4.98 Å². The summed E-state index contributed by atoms with van der Waals surface area (Å²) in [6.45, 7) is 2.93. The maximum atomic E-state index is 4.39. The summed E-state index contributed by atoms with van der Waals surface area (Å²) in [5.74, 6) is 0.894. The molecule has 4 nitrogen and oxygen atoms in total. The Bertz CT molecular complexity index is 418. The molecule has 2 heterocycles. The number of hydrogen-bond donors (Lipinski definition) is 1. The van der Waals surface area contributed by atoms with E-state index in [4.69, 9.17) is 0 Å². The molecule has 0 saturated carbocycles. The third-order valence-corrected chi connectivity index (χ3v) is 2.02. The van der Waals surface area contributed by atoms with Gasteiger partial charge in [0, 0.05) is 19.8 Å². The smallest absolute Gasteiger partial charge is 0.203 e. The Morgan fingerprint density at radius 2 is 2.38 bits per heavy atom. The van der Waals surface area contributed by atoms with E-state index < -0.39 is 0 Å². The summed E-state index contributed by atoms with van der Waals surface area (Å²) in [6, 6.07) is 1.96. The highest BCUT2D eigenvalue weighted by Crippen LogP contribution is 2.15. The van der Waals surface area contributed by atoms with Gasteiger partial charge in [-0.1, -0.05) is 0 Å². The molecule has 0 atom stereocenters. The van der Waals surface area contributed by atoms with Crippen molar-refractivity contribution in [3.05, 3.63) is 18.5 Å². The average molecular weight is 176 g/mol. The van der Waals surface area contributed by atoms with E-state index in [2.05, 4.69) is 22.2 Å². The van der Waals surface area contributed by atoms with Gasteiger partial charge >= 0.3 is 0 Å². The van der Waals surface area contributed by atoms with Crippen LogP contribution in [0.2, 0.25) is 0 Å². The molecule has 0 amide bonds. The minimum atomic E-state index is 0.880. The largest absolute Gasteiger partial charge is 0.356 e. The highest BCUT2D eigenvalue weighted by atomic mass is 15.2. The van der Waals surface area contributed by atoms with Crippen LogP contribution in [0.25, 0.3) is 11.0 Å². The minimum Gasteiger partial charge on any atom is -0.356 e. The standard InChI is InChI=1S/C9H12N4/c1-3-11-9-12-7-6-10-5-4-8(7)13(9)2/h4-6H,3H2,1-2H3,(H,11,12). The second kappa shape index (κ2) is 3.05. The Hall–Kier alpha value is -1.58. The van der Waals surface area contributed by atoms with E-state index in [1.165, 1.54) is 0 Å². The van der Waals surface area contributed by atoms with Crippen molar-refractivity contribution in [2.24, 2.45) is 7.05 Å². The first kappa shape index (κ1) is 8.04. The number of anilines is 1. The first-order chi connectivity index (χ1) is 6.33. The van der Waals surface area contributed by atoms with Crippen LogP contribution in [0.15, 0.2) is 18.5 Å². The summed E-state index contributed by atoms with van der Waals surface area (Å²) >= 11 is 0. The molecule has 2 aromatic rings. The second-order valence-electron chi connectivity index (χ2n) is 2.89. The molecule has 0 spiro atoms. The number of rotatable bonds is 2. The number of fused-ring (bicyclic) bond motifs is 1. The number of imidazole rings is 1. The molecule has 0 aliphatic heterocycles. The van der Waals surface area contributed by atoms with Crippen molar-refractivity contribution in [1.29, 1.82) is 0 Å². The lowest BCUT2D eigenvalue weighted by atomic mass is 10.4. The quantitative estimate of drug-likeness (QED) is 0.752. The maximum absolute atomic E-state index is 4.39. The van der Waals surface area contributed by atoms with Crippen LogP contribution in [0.5, 0.6) is 0 Å². The first-order valence-corrected chi connectivity index (χ1v) is 4.33. The lowest BCUT2D eigenvalue weighted by molar-refractivity contribution is 0.936. The van der Waals surface area contributed by atoms with Crippen molar-refractivity contribution in [2.45, 2.75) is 6.92 Å². The van der Waals surface area contributed by atoms with Gasteiger partial charge in [0.2, 0.25) is 5.95 Å². The molecule has 0 unspecified atom stereocenters. The molecule has 0 bridgehead atoms. The van der Waals surface area contributed by atoms with Gasteiger partial charge in [-0.05, 0) is 13.0 Å². The SMILES string of the molecule is CCNc1nc2cnccc2n1C. The Kier molecular flexibility index (Phi) is 1.88. The number of aromatic nitrogens is 3. The Morgan fingerprint density at radius 1 is 1.54 bits per heavy atom. The van der Waals surface area contributed by atoms with Crippen LogP contribution < -0.4 is 5.32 Å². The monoisotopic (exact) mass is 176 g/mol.